The first-order valence-corrected chi connectivity index (χ1v) is 11.5. The van der Waals surface area contributed by atoms with Crippen LogP contribution >= 0.6 is 7.60 Å². The maximum Gasteiger partial charge on any atom is 0.332 e. The molecular weight excluding hydrogens is 355 g/mol. The van der Waals surface area contributed by atoms with Crippen molar-refractivity contribution in [1.29, 1.82) is 0 Å². The fourth-order valence-corrected chi connectivity index (χ4v) is 4.49. The molecule has 0 fully saturated rings. The van der Waals surface area contributed by atoms with Crippen molar-refractivity contribution < 1.29 is 14.0 Å². The largest absolute Gasteiger partial charge is 0.332 e. The smallest absolute Gasteiger partial charge is 0.324 e. The normalized spacial score (nSPS) is 14.1. The summed E-state index contributed by atoms with van der Waals surface area (Å²) in [6.45, 7) is 13.1. The van der Waals surface area contributed by atoms with Gasteiger partial charge in [0.25, 0.3) is 0 Å². The first-order chi connectivity index (χ1) is 12.6. The lowest BCUT2D eigenvalue weighted by atomic mass is 9.85. The zero-order valence-corrected chi connectivity index (χ0v) is 18.3. The van der Waals surface area contributed by atoms with Crippen LogP contribution in [0, 0.1) is 0 Å². The topological polar surface area (TPSA) is 46.5 Å². The fraction of sp³-hybridized carbons (Fsp3) is 0.478. The number of benzene rings is 2. The van der Waals surface area contributed by atoms with Gasteiger partial charge in [-0.15, -0.1) is 0 Å². The highest BCUT2D eigenvalue weighted by Crippen LogP contribution is 2.49. The molecule has 0 aliphatic carbocycles. The Bertz CT molecular complexity index is 766. The molecule has 27 heavy (non-hydrogen) atoms. The van der Waals surface area contributed by atoms with E-state index in [0.717, 1.165) is 22.3 Å². The average Bonchev–Trinajstić information content (AvgIpc) is 2.60. The third kappa shape index (κ3) is 6.04. The molecule has 0 saturated heterocycles. The van der Waals surface area contributed by atoms with E-state index < -0.39 is 7.60 Å². The maximum atomic E-state index is 12.9. The minimum atomic E-state index is -3.75. The Balaban J connectivity index is 2.36. The number of rotatable bonds is 8. The Morgan fingerprint density at radius 1 is 0.889 bits per heavy atom. The molecule has 148 valence electrons. The van der Waals surface area contributed by atoms with E-state index in [2.05, 4.69) is 53.7 Å². The van der Waals surface area contributed by atoms with Crippen LogP contribution < -0.4 is 0 Å². The maximum absolute atomic E-state index is 12.9. The van der Waals surface area contributed by atoms with Crippen molar-refractivity contribution in [1.82, 2.24) is 0 Å². The van der Waals surface area contributed by atoms with Gasteiger partial charge in [-0.05, 0) is 45.6 Å². The molecule has 0 aromatic heterocycles. The van der Waals surface area contributed by atoms with Gasteiger partial charge >= 0.3 is 7.60 Å². The zero-order valence-electron chi connectivity index (χ0n) is 17.4. The molecule has 1 atom stereocenters. The van der Waals surface area contributed by atoms with E-state index in [1.807, 2.05) is 30.3 Å². The van der Waals surface area contributed by atoms with Crippen LogP contribution in [0.5, 0.6) is 0 Å². The molecule has 0 aliphatic rings. The summed E-state index contributed by atoms with van der Waals surface area (Å²) in [6, 6.07) is 13.9. The molecule has 3 nitrogen and oxygen atoms in total. The lowest BCUT2D eigenvalue weighted by Gasteiger charge is -2.24. The number of hydrogen-bond donors (Lipinski definition) is 1. The van der Waals surface area contributed by atoms with Crippen LogP contribution in [0.1, 0.15) is 87.1 Å². The third-order valence-corrected chi connectivity index (χ3v) is 6.13. The van der Waals surface area contributed by atoms with Gasteiger partial charge in [-0.2, -0.15) is 0 Å². The molecule has 4 heteroatoms. The minimum Gasteiger partial charge on any atom is -0.324 e. The van der Waals surface area contributed by atoms with Crippen LogP contribution in [0.25, 0.3) is 0 Å². The Labute approximate surface area is 164 Å². The molecule has 0 radical (unpaired) electrons. The van der Waals surface area contributed by atoms with Crippen molar-refractivity contribution in [2.45, 2.75) is 72.1 Å². The second-order valence-corrected chi connectivity index (χ2v) is 10.0. The monoisotopic (exact) mass is 388 g/mol. The zero-order chi connectivity index (χ0) is 20.2. The molecule has 0 heterocycles. The Morgan fingerprint density at radius 3 is 1.85 bits per heavy atom. The van der Waals surface area contributed by atoms with Crippen LogP contribution in [0.2, 0.25) is 0 Å². The van der Waals surface area contributed by atoms with Crippen LogP contribution in [0.4, 0.5) is 0 Å². The highest BCUT2D eigenvalue weighted by molar-refractivity contribution is 7.51. The van der Waals surface area contributed by atoms with E-state index in [1.54, 1.807) is 0 Å². The van der Waals surface area contributed by atoms with E-state index in [0.29, 0.717) is 5.92 Å². The molecule has 0 amide bonds. The summed E-state index contributed by atoms with van der Waals surface area (Å²) in [5, 5.41) is 0. The molecule has 1 N–H and O–H groups in total. The number of hydrogen-bond acceptors (Lipinski definition) is 2. The minimum absolute atomic E-state index is 0.0548. The van der Waals surface area contributed by atoms with Crippen molar-refractivity contribution in [2.75, 3.05) is 0 Å². The molecule has 2 rings (SSSR count). The third-order valence-electron chi connectivity index (χ3n) is 4.89. The first-order valence-electron chi connectivity index (χ1n) is 9.77. The Morgan fingerprint density at radius 2 is 1.41 bits per heavy atom. The van der Waals surface area contributed by atoms with E-state index in [9.17, 15) is 9.46 Å². The summed E-state index contributed by atoms with van der Waals surface area (Å²) in [6.07, 6.45) is 0.0548. The molecule has 0 spiro atoms. The van der Waals surface area contributed by atoms with Crippen LogP contribution in [0.15, 0.2) is 42.5 Å². The van der Waals surface area contributed by atoms with E-state index >= 15 is 0 Å². The molecule has 2 aromatic carbocycles. The van der Waals surface area contributed by atoms with Crippen LogP contribution in [-0.4, -0.2) is 4.89 Å². The predicted octanol–water partition coefficient (Wildman–Crippen LogP) is 6.96. The Kier molecular flexibility index (Phi) is 7.45. The summed E-state index contributed by atoms with van der Waals surface area (Å²) in [7, 11) is -3.75. The molecule has 2 aromatic rings. The summed E-state index contributed by atoms with van der Waals surface area (Å²) < 4.78 is 18.3. The van der Waals surface area contributed by atoms with Crippen molar-refractivity contribution >= 4 is 7.60 Å². The van der Waals surface area contributed by atoms with Gasteiger partial charge in [0.05, 0.1) is 12.8 Å². The van der Waals surface area contributed by atoms with Gasteiger partial charge in [-0.25, -0.2) is 0 Å². The van der Waals surface area contributed by atoms with E-state index in [1.165, 1.54) is 5.56 Å². The van der Waals surface area contributed by atoms with Crippen molar-refractivity contribution in [3.8, 4) is 0 Å². The average molecular weight is 388 g/mol. The van der Waals surface area contributed by atoms with E-state index in [-0.39, 0.29) is 24.6 Å². The van der Waals surface area contributed by atoms with Crippen molar-refractivity contribution in [2.24, 2.45) is 0 Å². The van der Waals surface area contributed by atoms with E-state index in [4.69, 9.17) is 4.52 Å². The lowest BCUT2D eigenvalue weighted by Crippen LogP contribution is -2.08. The van der Waals surface area contributed by atoms with Gasteiger partial charge in [0, 0.05) is 0 Å². The molecule has 0 aliphatic heterocycles. The van der Waals surface area contributed by atoms with Gasteiger partial charge in [0.15, 0.2) is 0 Å². The Hall–Kier alpha value is -1.41. The van der Waals surface area contributed by atoms with Crippen LogP contribution in [-0.2, 0) is 21.9 Å². The standard InChI is InChI=1S/C23H33O3P/c1-16(2)20-12-21(17(3)4)23(22(13-20)18(5)6)15-27(24,25)26-14-19-10-8-7-9-11-19/h7-13,16-18H,14-15H2,1-6H3,(H,24,25). The first kappa shape index (κ1) is 21.9. The van der Waals surface area contributed by atoms with Crippen LogP contribution in [0.3, 0.4) is 0 Å². The molecule has 0 bridgehead atoms. The van der Waals surface area contributed by atoms with Gasteiger partial charge in [0.2, 0.25) is 0 Å². The summed E-state index contributed by atoms with van der Waals surface area (Å²) in [5.74, 6) is 0.986. The second-order valence-electron chi connectivity index (χ2n) is 8.20. The van der Waals surface area contributed by atoms with Gasteiger partial charge in [-0.3, -0.25) is 4.57 Å². The lowest BCUT2D eigenvalue weighted by molar-refractivity contribution is 0.249. The quantitative estimate of drug-likeness (QED) is 0.497. The van der Waals surface area contributed by atoms with Crippen molar-refractivity contribution in [3.05, 3.63) is 70.3 Å². The SMILES string of the molecule is CC(C)c1cc(C(C)C)c(CP(=O)(O)OCc2ccccc2)c(C(C)C)c1. The summed E-state index contributed by atoms with van der Waals surface area (Å²) >= 11 is 0. The molecular formula is C23H33O3P. The molecule has 0 saturated carbocycles. The predicted molar refractivity (Wildman–Crippen MR) is 113 cm³/mol. The highest BCUT2D eigenvalue weighted by atomic mass is 31.2. The highest BCUT2D eigenvalue weighted by Gasteiger charge is 2.26. The van der Waals surface area contributed by atoms with Crippen molar-refractivity contribution in [3.63, 3.8) is 0 Å². The fourth-order valence-electron chi connectivity index (χ4n) is 3.28. The summed E-state index contributed by atoms with van der Waals surface area (Å²) in [4.78, 5) is 10.6. The van der Waals surface area contributed by atoms with Gasteiger partial charge < -0.3 is 9.42 Å². The van der Waals surface area contributed by atoms with Gasteiger partial charge in [0.1, 0.15) is 0 Å². The summed E-state index contributed by atoms with van der Waals surface area (Å²) in [5.41, 5.74) is 5.47. The molecule has 1 unspecified atom stereocenters. The second kappa shape index (κ2) is 9.19. The van der Waals surface area contributed by atoms with Gasteiger partial charge in [-0.1, -0.05) is 84.0 Å².